The molecule has 1 atom stereocenters. The molecule has 0 radical (unpaired) electrons. The Morgan fingerprint density at radius 3 is 2.05 bits per heavy atom. The summed E-state index contributed by atoms with van der Waals surface area (Å²) in [6, 6.07) is 6.61. The fraction of sp³-hybridized carbons (Fsp3) is 0.400. The Bertz CT molecular complexity index is 523. The van der Waals surface area contributed by atoms with E-state index in [0.29, 0.717) is 11.3 Å². The fourth-order valence-electron chi connectivity index (χ4n) is 1.70. The van der Waals surface area contributed by atoms with Crippen LogP contribution < -0.4 is 4.74 Å². The second-order valence-corrected chi connectivity index (χ2v) is 4.66. The largest absolute Gasteiger partial charge is 0.456 e. The van der Waals surface area contributed by atoms with Crippen LogP contribution in [0.15, 0.2) is 24.3 Å². The standard InChI is InChI=1S/C15H19NO5/c1-10(17)16(4)9-15(21-12(3)19)13-5-7-14(8-6-13)20-11(2)18/h5-8,15H,9H2,1-4H3. The van der Waals surface area contributed by atoms with Gasteiger partial charge in [0.1, 0.15) is 11.9 Å². The van der Waals surface area contributed by atoms with Gasteiger partial charge in [-0.05, 0) is 17.7 Å². The Kier molecular flexibility index (Phi) is 5.90. The molecule has 0 saturated carbocycles. The summed E-state index contributed by atoms with van der Waals surface area (Å²) in [5.74, 6) is -0.548. The van der Waals surface area contributed by atoms with Crippen molar-refractivity contribution in [2.24, 2.45) is 0 Å². The molecule has 1 unspecified atom stereocenters. The highest BCUT2D eigenvalue weighted by Crippen LogP contribution is 2.22. The predicted octanol–water partition coefficient (Wildman–Crippen LogP) is 1.69. The number of carbonyl (C=O) groups excluding carboxylic acids is 3. The molecule has 1 aromatic rings. The maximum Gasteiger partial charge on any atom is 0.308 e. The molecule has 0 saturated heterocycles. The molecule has 6 heteroatoms. The van der Waals surface area contributed by atoms with E-state index in [1.54, 1.807) is 31.3 Å². The van der Waals surface area contributed by atoms with Gasteiger partial charge >= 0.3 is 11.9 Å². The van der Waals surface area contributed by atoms with Gasteiger partial charge in [0, 0.05) is 27.8 Å². The lowest BCUT2D eigenvalue weighted by atomic mass is 10.1. The maximum atomic E-state index is 11.3. The molecule has 21 heavy (non-hydrogen) atoms. The number of esters is 2. The summed E-state index contributed by atoms with van der Waals surface area (Å²) in [6.45, 7) is 4.32. The first-order valence-corrected chi connectivity index (χ1v) is 6.47. The highest BCUT2D eigenvalue weighted by Gasteiger charge is 2.18. The third-order valence-corrected chi connectivity index (χ3v) is 2.80. The van der Waals surface area contributed by atoms with Gasteiger partial charge in [-0.25, -0.2) is 0 Å². The molecule has 1 amide bonds. The lowest BCUT2D eigenvalue weighted by Gasteiger charge is -2.23. The van der Waals surface area contributed by atoms with Crippen LogP contribution in [-0.4, -0.2) is 36.3 Å². The highest BCUT2D eigenvalue weighted by atomic mass is 16.5. The van der Waals surface area contributed by atoms with Crippen LogP contribution in [0.3, 0.4) is 0 Å². The summed E-state index contributed by atoms with van der Waals surface area (Å²) in [4.78, 5) is 34.8. The average Bonchev–Trinajstić information content (AvgIpc) is 2.37. The number of ether oxygens (including phenoxy) is 2. The van der Waals surface area contributed by atoms with E-state index >= 15 is 0 Å². The Morgan fingerprint density at radius 2 is 1.62 bits per heavy atom. The van der Waals surface area contributed by atoms with Gasteiger partial charge in [-0.3, -0.25) is 14.4 Å². The van der Waals surface area contributed by atoms with Crippen molar-refractivity contribution in [1.29, 1.82) is 0 Å². The van der Waals surface area contributed by atoms with Crippen LogP contribution in [0.1, 0.15) is 32.4 Å². The third kappa shape index (κ3) is 5.64. The van der Waals surface area contributed by atoms with E-state index < -0.39 is 18.0 Å². The first kappa shape index (κ1) is 16.7. The lowest BCUT2D eigenvalue weighted by molar-refractivity contribution is -0.149. The number of hydrogen-bond donors (Lipinski definition) is 0. The number of likely N-dealkylation sites (N-methyl/N-ethyl adjacent to an activating group) is 1. The van der Waals surface area contributed by atoms with Gasteiger partial charge in [-0.1, -0.05) is 12.1 Å². The zero-order valence-electron chi connectivity index (χ0n) is 12.6. The fourth-order valence-corrected chi connectivity index (χ4v) is 1.70. The first-order chi connectivity index (χ1) is 9.79. The second-order valence-electron chi connectivity index (χ2n) is 4.66. The van der Waals surface area contributed by atoms with Crippen LogP contribution in [0, 0.1) is 0 Å². The molecular formula is C15H19NO5. The molecular weight excluding hydrogens is 274 g/mol. The van der Waals surface area contributed by atoms with Gasteiger partial charge in [0.25, 0.3) is 0 Å². The number of carbonyl (C=O) groups is 3. The van der Waals surface area contributed by atoms with Gasteiger partial charge < -0.3 is 14.4 Å². The Balaban J connectivity index is 2.89. The SMILES string of the molecule is CC(=O)Oc1ccc(C(CN(C)C(C)=O)OC(C)=O)cc1. The van der Waals surface area contributed by atoms with Crippen molar-refractivity contribution in [3.05, 3.63) is 29.8 Å². The van der Waals surface area contributed by atoms with E-state index in [-0.39, 0.29) is 12.5 Å². The summed E-state index contributed by atoms with van der Waals surface area (Å²) in [5, 5.41) is 0. The summed E-state index contributed by atoms with van der Waals surface area (Å²) in [5.41, 5.74) is 0.717. The Morgan fingerprint density at radius 1 is 1.05 bits per heavy atom. The van der Waals surface area contributed by atoms with Crippen molar-refractivity contribution >= 4 is 17.8 Å². The number of benzene rings is 1. The van der Waals surface area contributed by atoms with Gasteiger partial charge in [-0.15, -0.1) is 0 Å². The lowest BCUT2D eigenvalue weighted by Crippen LogP contribution is -2.30. The topological polar surface area (TPSA) is 72.9 Å². The van der Waals surface area contributed by atoms with Crippen molar-refractivity contribution in [3.8, 4) is 5.75 Å². The van der Waals surface area contributed by atoms with Crippen molar-refractivity contribution in [2.75, 3.05) is 13.6 Å². The quantitative estimate of drug-likeness (QED) is 0.610. The number of rotatable bonds is 5. The highest BCUT2D eigenvalue weighted by molar-refractivity contribution is 5.73. The van der Waals surface area contributed by atoms with Crippen LogP contribution in [-0.2, 0) is 19.1 Å². The molecule has 0 aliphatic rings. The van der Waals surface area contributed by atoms with Crippen molar-refractivity contribution in [2.45, 2.75) is 26.9 Å². The predicted molar refractivity (Wildman–Crippen MR) is 75.6 cm³/mol. The molecule has 0 heterocycles. The van der Waals surface area contributed by atoms with Crippen LogP contribution in [0.25, 0.3) is 0 Å². The minimum absolute atomic E-state index is 0.122. The van der Waals surface area contributed by atoms with Crippen molar-refractivity contribution in [1.82, 2.24) is 4.90 Å². The van der Waals surface area contributed by atoms with Gasteiger partial charge in [0.2, 0.25) is 5.91 Å². The molecule has 0 N–H and O–H groups in total. The Labute approximate surface area is 123 Å². The van der Waals surface area contributed by atoms with E-state index in [2.05, 4.69) is 0 Å². The normalized spacial score (nSPS) is 11.4. The van der Waals surface area contributed by atoms with Crippen LogP contribution >= 0.6 is 0 Å². The molecule has 0 aromatic heterocycles. The molecule has 114 valence electrons. The molecule has 6 nitrogen and oxygen atoms in total. The molecule has 1 rings (SSSR count). The smallest absolute Gasteiger partial charge is 0.308 e. The van der Waals surface area contributed by atoms with Gasteiger partial charge in [0.05, 0.1) is 6.54 Å². The van der Waals surface area contributed by atoms with Crippen molar-refractivity contribution < 1.29 is 23.9 Å². The molecule has 1 aromatic carbocycles. The summed E-state index contributed by atoms with van der Waals surface area (Å²) in [6.07, 6.45) is -0.567. The van der Waals surface area contributed by atoms with E-state index in [4.69, 9.17) is 9.47 Å². The average molecular weight is 293 g/mol. The van der Waals surface area contributed by atoms with Gasteiger partial charge in [-0.2, -0.15) is 0 Å². The first-order valence-electron chi connectivity index (χ1n) is 6.47. The van der Waals surface area contributed by atoms with E-state index in [0.717, 1.165) is 0 Å². The van der Waals surface area contributed by atoms with E-state index in [9.17, 15) is 14.4 Å². The van der Waals surface area contributed by atoms with E-state index in [1.165, 1.54) is 25.7 Å². The second kappa shape index (κ2) is 7.42. The number of hydrogen-bond acceptors (Lipinski definition) is 5. The summed E-state index contributed by atoms with van der Waals surface area (Å²) in [7, 11) is 1.63. The molecule has 0 fully saturated rings. The van der Waals surface area contributed by atoms with Crippen LogP contribution in [0.5, 0.6) is 5.75 Å². The third-order valence-electron chi connectivity index (χ3n) is 2.80. The molecule has 0 spiro atoms. The summed E-state index contributed by atoms with van der Waals surface area (Å²) >= 11 is 0. The molecule has 0 aliphatic carbocycles. The van der Waals surface area contributed by atoms with E-state index in [1.807, 2.05) is 0 Å². The molecule has 0 aliphatic heterocycles. The summed E-state index contributed by atoms with van der Waals surface area (Å²) < 4.78 is 10.2. The van der Waals surface area contributed by atoms with Gasteiger partial charge in [0.15, 0.2) is 0 Å². The monoisotopic (exact) mass is 293 g/mol. The maximum absolute atomic E-state index is 11.3. The van der Waals surface area contributed by atoms with Crippen molar-refractivity contribution in [3.63, 3.8) is 0 Å². The number of amides is 1. The zero-order chi connectivity index (χ0) is 16.0. The minimum atomic E-state index is -0.567. The van der Waals surface area contributed by atoms with Crippen LogP contribution in [0.2, 0.25) is 0 Å². The van der Waals surface area contributed by atoms with Crippen LogP contribution in [0.4, 0.5) is 0 Å². The minimum Gasteiger partial charge on any atom is -0.456 e. The zero-order valence-corrected chi connectivity index (χ0v) is 12.6. The molecule has 0 bridgehead atoms. The Hall–Kier alpha value is -2.37. The number of nitrogens with zero attached hydrogens (tertiary/aromatic N) is 1.